The summed E-state index contributed by atoms with van der Waals surface area (Å²) in [6, 6.07) is 0. The molecule has 6 heteroatoms. The lowest BCUT2D eigenvalue weighted by Crippen LogP contribution is -2.36. The van der Waals surface area contributed by atoms with Gasteiger partial charge >= 0.3 is 5.97 Å². The second-order valence-electron chi connectivity index (χ2n) is 4.85. The average molecular weight is 280 g/mol. The SMILES string of the molecule is CC1=C(C)C[C@@H](C(=O)Nc2nccs2)[C@H](C(=O)O)C1. The fraction of sp³-hybridized carbons (Fsp3) is 0.462. The van der Waals surface area contributed by atoms with Crippen molar-refractivity contribution in [3.05, 3.63) is 22.7 Å². The number of anilines is 1. The van der Waals surface area contributed by atoms with Crippen LogP contribution >= 0.6 is 11.3 Å². The maximum absolute atomic E-state index is 12.2. The number of carbonyl (C=O) groups excluding carboxylic acids is 1. The Morgan fingerprint density at radius 1 is 1.32 bits per heavy atom. The zero-order valence-electron chi connectivity index (χ0n) is 10.8. The molecule has 0 spiro atoms. The highest BCUT2D eigenvalue weighted by Gasteiger charge is 2.37. The number of amides is 1. The molecule has 0 aliphatic heterocycles. The molecule has 1 aliphatic rings. The number of aromatic nitrogens is 1. The van der Waals surface area contributed by atoms with E-state index in [1.807, 2.05) is 13.8 Å². The van der Waals surface area contributed by atoms with Gasteiger partial charge in [0.2, 0.25) is 5.91 Å². The molecule has 0 saturated carbocycles. The quantitative estimate of drug-likeness (QED) is 0.834. The van der Waals surface area contributed by atoms with Crippen LogP contribution in [0.3, 0.4) is 0 Å². The average Bonchev–Trinajstić information content (AvgIpc) is 2.84. The normalized spacial score (nSPS) is 23.3. The van der Waals surface area contributed by atoms with Crippen molar-refractivity contribution in [3.63, 3.8) is 0 Å². The summed E-state index contributed by atoms with van der Waals surface area (Å²) in [6.07, 6.45) is 2.54. The molecule has 2 N–H and O–H groups in total. The lowest BCUT2D eigenvalue weighted by atomic mass is 9.76. The van der Waals surface area contributed by atoms with Gasteiger partial charge in [0, 0.05) is 11.6 Å². The van der Waals surface area contributed by atoms with Gasteiger partial charge in [-0.05, 0) is 26.7 Å². The lowest BCUT2D eigenvalue weighted by molar-refractivity contribution is -0.146. The first-order valence-electron chi connectivity index (χ1n) is 6.07. The number of carboxylic acids is 1. The van der Waals surface area contributed by atoms with Gasteiger partial charge in [-0.3, -0.25) is 9.59 Å². The summed E-state index contributed by atoms with van der Waals surface area (Å²) in [7, 11) is 0. The van der Waals surface area contributed by atoms with E-state index in [0.717, 1.165) is 11.1 Å². The van der Waals surface area contributed by atoms with Crippen LogP contribution in [0.4, 0.5) is 5.13 Å². The van der Waals surface area contributed by atoms with Gasteiger partial charge < -0.3 is 10.4 Å². The number of hydrogen-bond acceptors (Lipinski definition) is 4. The summed E-state index contributed by atoms with van der Waals surface area (Å²) in [5.74, 6) is -2.34. The lowest BCUT2D eigenvalue weighted by Gasteiger charge is -2.29. The van der Waals surface area contributed by atoms with Gasteiger partial charge in [0.15, 0.2) is 5.13 Å². The van der Waals surface area contributed by atoms with Crippen LogP contribution in [-0.2, 0) is 9.59 Å². The number of allylic oxidation sites excluding steroid dienone is 2. The van der Waals surface area contributed by atoms with Gasteiger partial charge in [0.05, 0.1) is 11.8 Å². The molecule has 2 atom stereocenters. The Bertz CT molecular complexity index is 522. The molecule has 1 aromatic rings. The van der Waals surface area contributed by atoms with Crippen LogP contribution in [-0.4, -0.2) is 22.0 Å². The van der Waals surface area contributed by atoms with Crippen molar-refractivity contribution in [2.24, 2.45) is 11.8 Å². The predicted octanol–water partition coefficient (Wildman–Crippen LogP) is 2.53. The third-order valence-corrected chi connectivity index (χ3v) is 4.27. The van der Waals surface area contributed by atoms with Crippen LogP contribution in [0.25, 0.3) is 0 Å². The minimum Gasteiger partial charge on any atom is -0.481 e. The molecule has 0 unspecified atom stereocenters. The Morgan fingerprint density at radius 2 is 1.95 bits per heavy atom. The van der Waals surface area contributed by atoms with Crippen molar-refractivity contribution in [3.8, 4) is 0 Å². The molecule has 1 aromatic heterocycles. The number of carbonyl (C=O) groups is 2. The first-order valence-corrected chi connectivity index (χ1v) is 6.95. The first-order chi connectivity index (χ1) is 8.99. The highest BCUT2D eigenvalue weighted by Crippen LogP contribution is 2.35. The van der Waals surface area contributed by atoms with E-state index >= 15 is 0 Å². The summed E-state index contributed by atoms with van der Waals surface area (Å²) in [6.45, 7) is 3.89. The Balaban J connectivity index is 2.16. The Morgan fingerprint density at radius 3 is 2.47 bits per heavy atom. The minimum absolute atomic E-state index is 0.255. The summed E-state index contributed by atoms with van der Waals surface area (Å²) in [5.41, 5.74) is 2.18. The largest absolute Gasteiger partial charge is 0.481 e. The van der Waals surface area contributed by atoms with E-state index in [4.69, 9.17) is 0 Å². The molecule has 5 nitrogen and oxygen atoms in total. The van der Waals surface area contributed by atoms with Crippen LogP contribution in [0.15, 0.2) is 22.7 Å². The Kier molecular flexibility index (Phi) is 3.99. The van der Waals surface area contributed by atoms with E-state index in [1.165, 1.54) is 11.3 Å². The summed E-state index contributed by atoms with van der Waals surface area (Å²) < 4.78 is 0. The highest BCUT2D eigenvalue weighted by molar-refractivity contribution is 7.13. The molecular weight excluding hydrogens is 264 g/mol. The van der Waals surface area contributed by atoms with Gasteiger partial charge in [0.25, 0.3) is 0 Å². The second-order valence-corrected chi connectivity index (χ2v) is 5.74. The summed E-state index contributed by atoms with van der Waals surface area (Å²) >= 11 is 1.32. The zero-order valence-corrected chi connectivity index (χ0v) is 11.7. The van der Waals surface area contributed by atoms with Crippen molar-refractivity contribution in [2.75, 3.05) is 5.32 Å². The van der Waals surface area contributed by atoms with Crippen LogP contribution in [0.2, 0.25) is 0 Å². The van der Waals surface area contributed by atoms with E-state index in [9.17, 15) is 14.7 Å². The number of nitrogens with zero attached hydrogens (tertiary/aromatic N) is 1. The molecule has 1 heterocycles. The number of hydrogen-bond donors (Lipinski definition) is 2. The topological polar surface area (TPSA) is 79.3 Å². The molecule has 1 amide bonds. The van der Waals surface area contributed by atoms with E-state index < -0.39 is 17.8 Å². The predicted molar refractivity (Wildman–Crippen MR) is 73.0 cm³/mol. The third kappa shape index (κ3) is 3.01. The van der Waals surface area contributed by atoms with Crippen molar-refractivity contribution >= 4 is 28.3 Å². The van der Waals surface area contributed by atoms with Gasteiger partial charge in [-0.25, -0.2) is 4.98 Å². The van der Waals surface area contributed by atoms with E-state index in [2.05, 4.69) is 10.3 Å². The van der Waals surface area contributed by atoms with E-state index in [1.54, 1.807) is 11.6 Å². The van der Waals surface area contributed by atoms with Gasteiger partial charge in [-0.1, -0.05) is 11.1 Å². The molecule has 2 rings (SSSR count). The fourth-order valence-electron chi connectivity index (χ4n) is 2.31. The second kappa shape index (κ2) is 5.52. The molecule has 0 saturated heterocycles. The van der Waals surface area contributed by atoms with Gasteiger partial charge in [-0.2, -0.15) is 0 Å². The molecular formula is C13H16N2O3S. The summed E-state index contributed by atoms with van der Waals surface area (Å²) in [5, 5.41) is 14.2. The number of thiazole rings is 1. The fourth-order valence-corrected chi connectivity index (χ4v) is 2.84. The van der Waals surface area contributed by atoms with Crippen LogP contribution < -0.4 is 5.32 Å². The Hall–Kier alpha value is -1.69. The smallest absolute Gasteiger partial charge is 0.307 e. The van der Waals surface area contributed by atoms with E-state index in [-0.39, 0.29) is 5.91 Å². The van der Waals surface area contributed by atoms with E-state index in [0.29, 0.717) is 18.0 Å². The third-order valence-electron chi connectivity index (χ3n) is 3.58. The van der Waals surface area contributed by atoms with Gasteiger partial charge in [-0.15, -0.1) is 11.3 Å². The number of aliphatic carboxylic acids is 1. The molecule has 1 aliphatic carbocycles. The maximum Gasteiger partial charge on any atom is 0.307 e. The van der Waals surface area contributed by atoms with Crippen LogP contribution in [0, 0.1) is 11.8 Å². The number of rotatable bonds is 3. The summed E-state index contributed by atoms with van der Waals surface area (Å²) in [4.78, 5) is 27.5. The van der Waals surface area contributed by atoms with Gasteiger partial charge in [0.1, 0.15) is 0 Å². The van der Waals surface area contributed by atoms with Crippen LogP contribution in [0.1, 0.15) is 26.7 Å². The molecule has 0 fully saturated rings. The molecule has 0 bridgehead atoms. The van der Waals surface area contributed by atoms with Crippen molar-refractivity contribution in [2.45, 2.75) is 26.7 Å². The van der Waals surface area contributed by atoms with Crippen molar-refractivity contribution < 1.29 is 14.7 Å². The number of nitrogens with one attached hydrogen (secondary N) is 1. The number of carboxylic acid groups (broad SMARTS) is 1. The monoisotopic (exact) mass is 280 g/mol. The molecule has 0 radical (unpaired) electrons. The van der Waals surface area contributed by atoms with Crippen molar-refractivity contribution in [1.29, 1.82) is 0 Å². The molecule has 0 aromatic carbocycles. The molecule has 19 heavy (non-hydrogen) atoms. The standard InChI is InChI=1S/C13H16N2O3S/c1-7-5-9(10(12(17)18)6-8(7)2)11(16)15-13-14-3-4-19-13/h3-4,9-10H,5-6H2,1-2H3,(H,17,18)(H,14,15,16)/t9-,10-/m1/s1. The molecule has 102 valence electrons. The minimum atomic E-state index is -0.911. The highest BCUT2D eigenvalue weighted by atomic mass is 32.1. The van der Waals surface area contributed by atoms with Crippen molar-refractivity contribution in [1.82, 2.24) is 4.98 Å². The first kappa shape index (κ1) is 13.7. The maximum atomic E-state index is 12.2. The zero-order chi connectivity index (χ0) is 14.0. The Labute approximate surface area is 115 Å². The van der Waals surface area contributed by atoms with Crippen LogP contribution in [0.5, 0.6) is 0 Å².